The molecule has 5 rings (SSSR count). The lowest BCUT2D eigenvalue weighted by atomic mass is 10.1. The summed E-state index contributed by atoms with van der Waals surface area (Å²) in [6, 6.07) is 25.3. The van der Waals surface area contributed by atoms with E-state index < -0.39 is 0 Å². The molecule has 2 heterocycles. The molecule has 0 aliphatic carbocycles. The van der Waals surface area contributed by atoms with Crippen molar-refractivity contribution in [2.24, 2.45) is 0 Å². The highest BCUT2D eigenvalue weighted by atomic mass is 35.5. The first-order chi connectivity index (χ1) is 16.1. The number of hydrogen-bond acceptors (Lipinski definition) is 6. The molecule has 0 radical (unpaired) electrons. The number of aromatic nitrogens is 3. The lowest BCUT2D eigenvalue weighted by Crippen LogP contribution is -1.98. The van der Waals surface area contributed by atoms with E-state index >= 15 is 0 Å². The first-order valence-corrected chi connectivity index (χ1v) is 11.8. The second kappa shape index (κ2) is 9.10. The Labute approximate surface area is 200 Å². The van der Waals surface area contributed by atoms with E-state index in [-0.39, 0.29) is 5.95 Å². The molecule has 0 fully saturated rings. The van der Waals surface area contributed by atoms with Gasteiger partial charge in [-0.15, -0.1) is 11.8 Å². The number of nitrogen functional groups attached to an aromatic ring is 1. The molecule has 2 N–H and O–H groups in total. The quantitative estimate of drug-likeness (QED) is 0.276. The van der Waals surface area contributed by atoms with Crippen LogP contribution in [0.3, 0.4) is 0 Å². The SMILES string of the molecule is CSc1ccc(-c2cc(-c3ccc(Oc4ccnc5cc(Cl)ccc45)cc3)nc(N)n2)cc1. The summed E-state index contributed by atoms with van der Waals surface area (Å²) in [7, 11) is 0. The minimum atomic E-state index is 0.235. The monoisotopic (exact) mass is 470 g/mol. The van der Waals surface area contributed by atoms with Crippen LogP contribution in [0.5, 0.6) is 11.5 Å². The summed E-state index contributed by atoms with van der Waals surface area (Å²) in [6.07, 6.45) is 3.76. The van der Waals surface area contributed by atoms with Gasteiger partial charge in [0.05, 0.1) is 16.9 Å². The minimum absolute atomic E-state index is 0.235. The van der Waals surface area contributed by atoms with Crippen molar-refractivity contribution in [2.75, 3.05) is 12.0 Å². The van der Waals surface area contributed by atoms with Gasteiger partial charge in [0, 0.05) is 32.6 Å². The zero-order valence-electron chi connectivity index (χ0n) is 17.7. The number of nitrogens with zero attached hydrogens (tertiary/aromatic N) is 3. The highest BCUT2D eigenvalue weighted by Gasteiger charge is 2.09. The molecule has 162 valence electrons. The van der Waals surface area contributed by atoms with Gasteiger partial charge in [0.2, 0.25) is 5.95 Å². The summed E-state index contributed by atoms with van der Waals surface area (Å²) in [5, 5.41) is 1.53. The number of rotatable bonds is 5. The van der Waals surface area contributed by atoms with Crippen LogP contribution in [0.4, 0.5) is 5.95 Å². The van der Waals surface area contributed by atoms with E-state index in [1.807, 2.05) is 66.7 Å². The normalized spacial score (nSPS) is 11.0. The summed E-state index contributed by atoms with van der Waals surface area (Å²) in [5.41, 5.74) is 10.3. The van der Waals surface area contributed by atoms with Crippen LogP contribution >= 0.6 is 23.4 Å². The number of benzene rings is 3. The van der Waals surface area contributed by atoms with Gasteiger partial charge in [0.1, 0.15) is 11.5 Å². The highest BCUT2D eigenvalue weighted by Crippen LogP contribution is 2.32. The van der Waals surface area contributed by atoms with E-state index in [2.05, 4.69) is 33.3 Å². The predicted octanol–water partition coefficient (Wildman–Crippen LogP) is 7.11. The summed E-state index contributed by atoms with van der Waals surface area (Å²) < 4.78 is 6.12. The number of anilines is 1. The Hall–Kier alpha value is -3.61. The van der Waals surface area contributed by atoms with Gasteiger partial charge in [-0.25, -0.2) is 9.97 Å². The number of pyridine rings is 1. The molecule has 0 saturated carbocycles. The van der Waals surface area contributed by atoms with Crippen LogP contribution in [-0.4, -0.2) is 21.2 Å². The lowest BCUT2D eigenvalue weighted by Gasteiger charge is -2.10. The van der Waals surface area contributed by atoms with Crippen molar-refractivity contribution in [3.05, 3.63) is 90.1 Å². The van der Waals surface area contributed by atoms with Gasteiger partial charge < -0.3 is 10.5 Å². The molecule has 5 nitrogen and oxygen atoms in total. The van der Waals surface area contributed by atoms with Gasteiger partial charge in [0.15, 0.2) is 0 Å². The molecule has 0 spiro atoms. The van der Waals surface area contributed by atoms with Crippen molar-refractivity contribution in [1.82, 2.24) is 15.0 Å². The van der Waals surface area contributed by atoms with Crippen LogP contribution in [0.1, 0.15) is 0 Å². The maximum atomic E-state index is 6.12. The van der Waals surface area contributed by atoms with Gasteiger partial charge in [-0.3, -0.25) is 4.98 Å². The number of fused-ring (bicyclic) bond motifs is 1. The number of thioether (sulfide) groups is 1. The number of halogens is 1. The molecule has 3 aromatic carbocycles. The van der Waals surface area contributed by atoms with E-state index in [0.29, 0.717) is 16.5 Å². The number of ether oxygens (including phenoxy) is 1. The van der Waals surface area contributed by atoms with Crippen molar-refractivity contribution in [1.29, 1.82) is 0 Å². The Morgan fingerprint density at radius 2 is 1.48 bits per heavy atom. The van der Waals surface area contributed by atoms with Crippen LogP contribution in [-0.2, 0) is 0 Å². The van der Waals surface area contributed by atoms with E-state index in [4.69, 9.17) is 22.1 Å². The Morgan fingerprint density at radius 3 is 2.15 bits per heavy atom. The minimum Gasteiger partial charge on any atom is -0.457 e. The average Bonchev–Trinajstić information content (AvgIpc) is 2.84. The van der Waals surface area contributed by atoms with Crippen molar-refractivity contribution < 1.29 is 4.74 Å². The molecule has 0 amide bonds. The van der Waals surface area contributed by atoms with Crippen LogP contribution in [0.25, 0.3) is 33.4 Å². The average molecular weight is 471 g/mol. The standard InChI is InChI=1S/C26H19ClN4OS/c1-33-20-9-4-17(5-10-20)23-15-22(30-26(28)31-23)16-2-7-19(8-3-16)32-25-12-13-29-24-14-18(27)6-11-21(24)25/h2-15H,1H3,(H2,28,30,31). The van der Waals surface area contributed by atoms with Crippen LogP contribution in [0.2, 0.25) is 5.02 Å². The van der Waals surface area contributed by atoms with Crippen molar-refractivity contribution in [2.45, 2.75) is 4.90 Å². The molecule has 0 unspecified atom stereocenters. The maximum Gasteiger partial charge on any atom is 0.221 e. The summed E-state index contributed by atoms with van der Waals surface area (Å²) >= 11 is 7.78. The second-order valence-corrected chi connectivity index (χ2v) is 8.64. The molecular formula is C26H19ClN4OS. The van der Waals surface area contributed by atoms with Crippen molar-refractivity contribution in [3.8, 4) is 34.0 Å². The van der Waals surface area contributed by atoms with E-state index in [9.17, 15) is 0 Å². The zero-order chi connectivity index (χ0) is 22.8. The number of hydrogen-bond donors (Lipinski definition) is 1. The Kier molecular flexibility index (Phi) is 5.86. The highest BCUT2D eigenvalue weighted by molar-refractivity contribution is 7.98. The maximum absolute atomic E-state index is 6.12. The van der Waals surface area contributed by atoms with Crippen LogP contribution in [0, 0.1) is 0 Å². The molecule has 7 heteroatoms. The topological polar surface area (TPSA) is 73.9 Å². The summed E-state index contributed by atoms with van der Waals surface area (Å²) in [5.74, 6) is 1.65. The van der Waals surface area contributed by atoms with Gasteiger partial charge in [-0.1, -0.05) is 23.7 Å². The summed E-state index contributed by atoms with van der Waals surface area (Å²) in [4.78, 5) is 14.4. The fourth-order valence-corrected chi connectivity index (χ4v) is 4.10. The molecule has 33 heavy (non-hydrogen) atoms. The van der Waals surface area contributed by atoms with E-state index in [1.54, 1.807) is 18.0 Å². The molecule has 0 bridgehead atoms. The third kappa shape index (κ3) is 4.62. The van der Waals surface area contributed by atoms with Crippen molar-refractivity contribution in [3.63, 3.8) is 0 Å². The first-order valence-electron chi connectivity index (χ1n) is 10.2. The second-order valence-electron chi connectivity index (χ2n) is 7.32. The van der Waals surface area contributed by atoms with Gasteiger partial charge in [-0.05, 0) is 73.0 Å². The fraction of sp³-hybridized carbons (Fsp3) is 0.0385. The third-order valence-corrected chi connectivity index (χ3v) is 6.15. The predicted molar refractivity (Wildman–Crippen MR) is 136 cm³/mol. The summed E-state index contributed by atoms with van der Waals surface area (Å²) in [6.45, 7) is 0. The molecule has 5 aromatic rings. The van der Waals surface area contributed by atoms with E-state index in [0.717, 1.165) is 33.4 Å². The molecular weight excluding hydrogens is 452 g/mol. The largest absolute Gasteiger partial charge is 0.457 e. The Morgan fingerprint density at radius 1 is 0.818 bits per heavy atom. The van der Waals surface area contributed by atoms with Crippen molar-refractivity contribution >= 4 is 40.2 Å². The van der Waals surface area contributed by atoms with Gasteiger partial charge in [-0.2, -0.15) is 0 Å². The zero-order valence-corrected chi connectivity index (χ0v) is 19.3. The van der Waals surface area contributed by atoms with E-state index in [1.165, 1.54) is 4.90 Å². The van der Waals surface area contributed by atoms with Gasteiger partial charge in [0.25, 0.3) is 0 Å². The Bertz CT molecular complexity index is 1440. The lowest BCUT2D eigenvalue weighted by molar-refractivity contribution is 0.488. The van der Waals surface area contributed by atoms with Gasteiger partial charge >= 0.3 is 0 Å². The third-order valence-electron chi connectivity index (χ3n) is 5.17. The Balaban J connectivity index is 1.42. The van der Waals surface area contributed by atoms with Crippen LogP contribution in [0.15, 0.2) is 90.0 Å². The smallest absolute Gasteiger partial charge is 0.221 e. The van der Waals surface area contributed by atoms with Crippen LogP contribution < -0.4 is 10.5 Å². The molecule has 2 aromatic heterocycles. The fourth-order valence-electron chi connectivity index (χ4n) is 3.53. The molecule has 0 aliphatic rings. The molecule has 0 saturated heterocycles. The first kappa shape index (κ1) is 21.2. The number of nitrogens with two attached hydrogens (primary N) is 1. The molecule has 0 aliphatic heterocycles. The molecule has 0 atom stereocenters.